The predicted octanol–water partition coefficient (Wildman–Crippen LogP) is 11.6. The molecule has 10 rings (SSSR count). The smallest absolute Gasteiger partial charge is 1.00 e. The number of ketones is 1. The van der Waals surface area contributed by atoms with Crippen molar-refractivity contribution in [3.63, 3.8) is 0 Å². The molecule has 93 heavy (non-hydrogen) atoms. The average molecular weight is 1430 g/mol. The molecule has 8 aromatic rings. The van der Waals surface area contributed by atoms with Gasteiger partial charge in [-0.1, -0.05) is 101 Å². The predicted molar refractivity (Wildman–Crippen MR) is 374 cm³/mol. The Morgan fingerprint density at radius 1 is 0.634 bits per heavy atom. The van der Waals surface area contributed by atoms with Gasteiger partial charge in [-0.3, -0.25) is 14.4 Å². The molecule has 0 bridgehead atoms. The van der Waals surface area contributed by atoms with E-state index in [4.69, 9.17) is 65.4 Å². The number of carbonyl (C=O) groups is 3. The summed E-state index contributed by atoms with van der Waals surface area (Å²) in [5, 5.41) is 19.6. The standard InChI is InChI=1S/C23H26ClN5O2.C14H16N4O.C9H11BrClNO.C9H12ClNO2.C9H10ClNO2.2CH4.B.Na.H/c1-4-31-20-12-18(13-27-21(20)24)15(2)29-9-7-17-6-5-16(11-19(17)22(29)30)14-28-10-8-26-23(28)25-3;1-15-14-17-6-7-18(14)9-10-2-3-11-4-5-16-13(19)12(11)8-10;1-3-13-8-4-7(6(2)10)5-12-9(8)11;2*1-3-13-8-4-7(6(2)12)5-11-9(8)10;;;;;/h5-6,8,10-13,15H,4,7,9,14H2,1-3H3,(H,25,26);2-3,6-8H,4-5,9H2,1H3,(H,15,17)(H,16,19);4-6H,3H2,1-2H3;4-6,12H,3H2,1-2H3;4-5H,3H2,1-2H3;2*1H4;;;/q;;;;;;;;+1;-1/t15-;;;;;;;;;/m0........./s1. The Morgan fingerprint density at radius 3 is 1.51 bits per heavy atom. The molecule has 0 aliphatic carbocycles. The van der Waals surface area contributed by atoms with Crippen molar-refractivity contribution in [2.45, 2.75) is 113 Å². The number of Topliss-reactive ketones (excluding diaryl/α,β-unsaturated/α-hetero) is 1. The van der Waals surface area contributed by atoms with Crippen molar-refractivity contribution >= 4 is 100 Å². The first-order valence-corrected chi connectivity index (χ1v) is 31.3. The number of alkyl halides is 1. The van der Waals surface area contributed by atoms with E-state index in [-0.39, 0.29) is 87.9 Å². The minimum atomic E-state index is -0.552. The summed E-state index contributed by atoms with van der Waals surface area (Å²) in [5.41, 5.74) is 9.11. The number of aromatic nitrogens is 8. The van der Waals surface area contributed by atoms with Gasteiger partial charge in [0.05, 0.1) is 51.7 Å². The molecule has 2 aliphatic rings. The third-order valence-electron chi connectivity index (χ3n) is 13.8. The van der Waals surface area contributed by atoms with Crippen LogP contribution in [0.25, 0.3) is 0 Å². The summed E-state index contributed by atoms with van der Waals surface area (Å²) in [6.07, 6.45) is 15.0. The van der Waals surface area contributed by atoms with Gasteiger partial charge in [-0.15, -0.1) is 0 Å². The fourth-order valence-electron chi connectivity index (χ4n) is 9.12. The van der Waals surface area contributed by atoms with Gasteiger partial charge in [0, 0.05) is 112 Å². The van der Waals surface area contributed by atoms with Crippen molar-refractivity contribution in [2.24, 2.45) is 0 Å². The second-order valence-electron chi connectivity index (χ2n) is 19.9. The Balaban J connectivity index is 0.000000612. The summed E-state index contributed by atoms with van der Waals surface area (Å²) >= 11 is 26.9. The molecule has 3 radical (unpaired) electrons. The number of hydrogen-bond donors (Lipinski definition) is 4. The van der Waals surface area contributed by atoms with E-state index in [1.165, 1.54) is 19.3 Å². The number of pyridine rings is 4. The molecule has 20 nitrogen and oxygen atoms in total. The molecular formula is C66H84BBrCl4N12NaO8. The van der Waals surface area contributed by atoms with Gasteiger partial charge in [0.25, 0.3) is 11.8 Å². The molecule has 2 aliphatic heterocycles. The Labute approximate surface area is 601 Å². The maximum atomic E-state index is 13.4. The number of fused-ring (bicyclic) bond motifs is 2. The average Bonchev–Trinajstić information content (AvgIpc) is 0.844. The fourth-order valence-corrected chi connectivity index (χ4v) is 10.00. The quantitative estimate of drug-likeness (QED) is 0.0255. The van der Waals surface area contributed by atoms with Crippen LogP contribution < -0.4 is 64.5 Å². The zero-order valence-corrected chi connectivity index (χ0v) is 59.6. The molecule has 2 amide bonds. The minimum Gasteiger partial charge on any atom is -1.00 e. The van der Waals surface area contributed by atoms with E-state index in [1.807, 2.05) is 106 Å². The number of halogens is 5. The second-order valence-corrected chi connectivity index (χ2v) is 22.7. The molecule has 0 saturated carbocycles. The number of nitrogens with zero attached hydrogens (tertiary/aromatic N) is 9. The van der Waals surface area contributed by atoms with Gasteiger partial charge < -0.3 is 55.5 Å². The van der Waals surface area contributed by atoms with Gasteiger partial charge in [0.15, 0.2) is 49.4 Å². The molecule has 0 saturated heterocycles. The number of ether oxygens (including phenoxy) is 4. The number of nitrogens with one attached hydrogen (secondary N) is 3. The summed E-state index contributed by atoms with van der Waals surface area (Å²) in [5.74, 6) is 3.78. The van der Waals surface area contributed by atoms with Gasteiger partial charge in [0.2, 0.25) is 11.9 Å². The molecule has 0 spiro atoms. The van der Waals surface area contributed by atoms with Crippen LogP contribution in [0.5, 0.6) is 23.0 Å². The number of benzene rings is 2. The zero-order valence-electron chi connectivity index (χ0n) is 54.0. The van der Waals surface area contributed by atoms with Gasteiger partial charge in [-0.05, 0) is 138 Å². The molecule has 495 valence electrons. The van der Waals surface area contributed by atoms with E-state index >= 15 is 0 Å². The monoisotopic (exact) mass is 1430 g/mol. The van der Waals surface area contributed by atoms with Crippen molar-refractivity contribution in [1.29, 1.82) is 0 Å². The summed E-state index contributed by atoms with van der Waals surface area (Å²) in [6.45, 7) is 19.6. The van der Waals surface area contributed by atoms with Gasteiger partial charge in [0.1, 0.15) is 0 Å². The van der Waals surface area contributed by atoms with Gasteiger partial charge in [-0.2, -0.15) is 0 Å². The third-order valence-corrected chi connectivity index (χ3v) is 15.4. The van der Waals surface area contributed by atoms with E-state index in [0.29, 0.717) is 95.6 Å². The van der Waals surface area contributed by atoms with Crippen molar-refractivity contribution in [1.82, 2.24) is 49.3 Å². The maximum absolute atomic E-state index is 13.4. The summed E-state index contributed by atoms with van der Waals surface area (Å²) in [6, 6.07) is 19.2. The SMILES string of the molecule is C.C.CCOc1cc(C(C)=O)cnc1Cl.CCOc1cc(C(C)Br)cnc1Cl.CCOc1cc(C(C)O)cnc1Cl.CCOc1cc([C@H](C)N2CCc3ccc(Cn4ccnc4NC)cc3C2=O)cnc1Cl.CNc1nccn1Cc1ccc2c(c1)C(=O)NCC2.[B].[H-].[Na+]. The van der Waals surface area contributed by atoms with E-state index in [2.05, 4.69) is 86.0 Å². The van der Waals surface area contributed by atoms with Crippen LogP contribution in [0.15, 0.2) is 110 Å². The van der Waals surface area contributed by atoms with Crippen LogP contribution >= 0.6 is 62.3 Å². The first-order chi connectivity index (χ1) is 42.7. The topological polar surface area (TPSA) is 235 Å². The van der Waals surface area contributed by atoms with Gasteiger partial charge in [-0.25, -0.2) is 29.9 Å². The Kier molecular flexibility index (Phi) is 36.8. The van der Waals surface area contributed by atoms with Crippen LogP contribution in [-0.2, 0) is 25.9 Å². The maximum Gasteiger partial charge on any atom is 1.00 e. The largest absolute Gasteiger partial charge is 1.00 e. The summed E-state index contributed by atoms with van der Waals surface area (Å²) in [7, 11) is 3.69. The first-order valence-electron chi connectivity index (χ1n) is 28.9. The number of aliphatic hydroxyl groups is 1. The Bertz CT molecular complexity index is 3610. The molecule has 0 fully saturated rings. The van der Waals surface area contributed by atoms with Crippen LogP contribution in [-0.4, -0.2) is 129 Å². The molecule has 3 atom stereocenters. The Morgan fingerprint density at radius 2 is 1.05 bits per heavy atom. The van der Waals surface area contributed by atoms with Crippen LogP contribution in [0, 0.1) is 0 Å². The van der Waals surface area contributed by atoms with E-state index in [0.717, 1.165) is 75.8 Å². The molecule has 6 aromatic heterocycles. The zero-order chi connectivity index (χ0) is 64.7. The van der Waals surface area contributed by atoms with Gasteiger partial charge >= 0.3 is 29.6 Å². The number of aliphatic hydroxyl groups excluding tert-OH is 1. The normalized spacial score (nSPS) is 12.5. The van der Waals surface area contributed by atoms with Crippen LogP contribution in [0.2, 0.25) is 20.6 Å². The third kappa shape index (κ3) is 23.7. The van der Waals surface area contributed by atoms with Crippen LogP contribution in [0.1, 0.15) is 159 Å². The van der Waals surface area contributed by atoms with Crippen molar-refractivity contribution in [2.75, 3.05) is 64.2 Å². The molecule has 27 heteroatoms. The number of anilines is 2. The summed E-state index contributed by atoms with van der Waals surface area (Å²) < 4.78 is 25.3. The molecule has 2 aromatic carbocycles. The molecule has 8 heterocycles. The number of imidazole rings is 2. The van der Waals surface area contributed by atoms with E-state index in [1.54, 1.807) is 43.8 Å². The van der Waals surface area contributed by atoms with Crippen molar-refractivity contribution in [3.05, 3.63) is 186 Å². The fraction of sp³-hybridized carbons (Fsp3) is 0.379. The van der Waals surface area contributed by atoms with E-state index in [9.17, 15) is 19.5 Å². The van der Waals surface area contributed by atoms with E-state index < -0.39 is 6.10 Å². The number of carbonyl (C=O) groups excluding carboxylic acids is 3. The number of amides is 2. The van der Waals surface area contributed by atoms with Crippen molar-refractivity contribution < 1.29 is 69.4 Å². The Hall–Kier alpha value is -6.47. The second kappa shape index (κ2) is 41.4. The summed E-state index contributed by atoms with van der Waals surface area (Å²) in [4.78, 5) is 62.8. The van der Waals surface area contributed by atoms with Crippen molar-refractivity contribution in [3.8, 4) is 23.0 Å². The molecular weight excluding hydrogens is 1340 g/mol. The molecule has 4 N–H and O–H groups in total. The minimum absolute atomic E-state index is 0. The number of hydrogen-bond acceptors (Lipinski definition) is 16. The number of rotatable bonds is 19. The van der Waals surface area contributed by atoms with Crippen LogP contribution in [0.4, 0.5) is 11.9 Å². The van der Waals surface area contributed by atoms with Crippen LogP contribution in [0.3, 0.4) is 0 Å². The molecule has 2 unspecified atom stereocenters. The first kappa shape index (κ1) is 82.6.